The van der Waals surface area contributed by atoms with E-state index in [2.05, 4.69) is 10.5 Å². The lowest BCUT2D eigenvalue weighted by Gasteiger charge is -2.13. The topological polar surface area (TPSA) is 90.0 Å². The van der Waals surface area contributed by atoms with Crippen LogP contribution in [0.2, 0.25) is 0 Å². The second-order valence-corrected chi connectivity index (χ2v) is 5.87. The highest BCUT2D eigenvalue weighted by atomic mass is 32.2. The standard InChI is InChI=1S/C8H16N4O2S/c1-12-5-7(4-10-12)3-8(11-9)6-15(2,13)14/h4-5,8,11H,3,6,9H2,1-2H3. The summed E-state index contributed by atoms with van der Waals surface area (Å²) in [6.07, 6.45) is 5.29. The van der Waals surface area contributed by atoms with Crippen molar-refractivity contribution < 1.29 is 8.42 Å². The Balaban J connectivity index is 2.62. The first-order valence-corrected chi connectivity index (χ1v) is 6.58. The van der Waals surface area contributed by atoms with Gasteiger partial charge in [-0.25, -0.2) is 8.42 Å². The number of aryl methyl sites for hydroxylation is 1. The fraction of sp³-hybridized carbons (Fsp3) is 0.625. The van der Waals surface area contributed by atoms with Gasteiger partial charge in [-0.3, -0.25) is 16.0 Å². The van der Waals surface area contributed by atoms with Crippen LogP contribution >= 0.6 is 0 Å². The van der Waals surface area contributed by atoms with Gasteiger partial charge in [-0.1, -0.05) is 0 Å². The van der Waals surface area contributed by atoms with Gasteiger partial charge in [-0.15, -0.1) is 0 Å². The van der Waals surface area contributed by atoms with Crippen molar-refractivity contribution in [3.8, 4) is 0 Å². The van der Waals surface area contributed by atoms with Crippen LogP contribution in [0.25, 0.3) is 0 Å². The first-order chi connectivity index (χ1) is 6.90. The molecule has 0 saturated carbocycles. The minimum atomic E-state index is -3.02. The normalized spacial score (nSPS) is 14.1. The molecule has 0 aliphatic rings. The quantitative estimate of drug-likeness (QED) is 0.493. The molecule has 0 saturated heterocycles. The molecule has 3 N–H and O–H groups in total. The lowest BCUT2D eigenvalue weighted by atomic mass is 10.1. The monoisotopic (exact) mass is 232 g/mol. The highest BCUT2D eigenvalue weighted by Crippen LogP contribution is 2.03. The van der Waals surface area contributed by atoms with Crippen molar-refractivity contribution in [1.82, 2.24) is 15.2 Å². The molecule has 0 bridgehead atoms. The van der Waals surface area contributed by atoms with Crippen LogP contribution in [0.4, 0.5) is 0 Å². The maximum absolute atomic E-state index is 11.1. The van der Waals surface area contributed by atoms with E-state index < -0.39 is 9.84 Å². The second kappa shape index (κ2) is 4.73. The lowest BCUT2D eigenvalue weighted by Crippen LogP contribution is -2.41. The van der Waals surface area contributed by atoms with E-state index in [-0.39, 0.29) is 11.8 Å². The number of nitrogens with two attached hydrogens (primary N) is 1. The molecule has 1 aromatic heterocycles. The van der Waals surface area contributed by atoms with E-state index in [1.165, 1.54) is 6.26 Å². The van der Waals surface area contributed by atoms with Gasteiger partial charge in [0.1, 0.15) is 9.84 Å². The minimum Gasteiger partial charge on any atom is -0.276 e. The molecule has 1 atom stereocenters. The van der Waals surface area contributed by atoms with Crippen molar-refractivity contribution in [2.45, 2.75) is 12.5 Å². The number of nitrogens with one attached hydrogen (secondary N) is 1. The zero-order chi connectivity index (χ0) is 11.5. The molecule has 0 amide bonds. The summed E-state index contributed by atoms with van der Waals surface area (Å²) in [6.45, 7) is 0. The summed E-state index contributed by atoms with van der Waals surface area (Å²) in [6, 6.07) is -0.274. The summed E-state index contributed by atoms with van der Waals surface area (Å²) in [7, 11) is -1.21. The van der Waals surface area contributed by atoms with Crippen molar-refractivity contribution in [2.75, 3.05) is 12.0 Å². The van der Waals surface area contributed by atoms with E-state index in [4.69, 9.17) is 5.84 Å². The maximum Gasteiger partial charge on any atom is 0.149 e. The summed E-state index contributed by atoms with van der Waals surface area (Å²) >= 11 is 0. The third-order valence-electron chi connectivity index (χ3n) is 1.98. The number of hydrogen-bond acceptors (Lipinski definition) is 5. The van der Waals surface area contributed by atoms with E-state index in [0.29, 0.717) is 6.42 Å². The van der Waals surface area contributed by atoms with Crippen LogP contribution in [0.15, 0.2) is 12.4 Å². The number of rotatable bonds is 5. The van der Waals surface area contributed by atoms with Gasteiger partial charge < -0.3 is 0 Å². The van der Waals surface area contributed by atoms with Gasteiger partial charge in [0.2, 0.25) is 0 Å². The van der Waals surface area contributed by atoms with Crippen molar-refractivity contribution in [2.24, 2.45) is 12.9 Å². The first kappa shape index (κ1) is 12.2. The Hall–Kier alpha value is -0.920. The number of hydrogen-bond donors (Lipinski definition) is 2. The van der Waals surface area contributed by atoms with Gasteiger partial charge in [-0.2, -0.15) is 5.10 Å². The van der Waals surface area contributed by atoms with Gasteiger partial charge >= 0.3 is 0 Å². The maximum atomic E-state index is 11.1. The van der Waals surface area contributed by atoms with Gasteiger partial charge in [0.05, 0.1) is 11.9 Å². The van der Waals surface area contributed by atoms with E-state index in [9.17, 15) is 8.42 Å². The Labute approximate surface area is 89.3 Å². The molecule has 0 spiro atoms. The highest BCUT2D eigenvalue weighted by molar-refractivity contribution is 7.90. The SMILES string of the molecule is Cn1cc(CC(CS(C)(=O)=O)NN)cn1. The smallest absolute Gasteiger partial charge is 0.149 e. The molecule has 6 nitrogen and oxygen atoms in total. The number of sulfone groups is 1. The molecule has 0 aliphatic heterocycles. The fourth-order valence-electron chi connectivity index (χ4n) is 1.39. The molecule has 86 valence electrons. The Kier molecular flexibility index (Phi) is 3.83. The molecule has 0 radical (unpaired) electrons. The average molecular weight is 232 g/mol. The summed E-state index contributed by atoms with van der Waals surface area (Å²) in [4.78, 5) is 0. The molecule has 0 fully saturated rings. The number of nitrogens with zero attached hydrogens (tertiary/aromatic N) is 2. The van der Waals surface area contributed by atoms with E-state index in [1.807, 2.05) is 13.2 Å². The Morgan fingerprint density at radius 2 is 2.33 bits per heavy atom. The Morgan fingerprint density at radius 1 is 1.67 bits per heavy atom. The highest BCUT2D eigenvalue weighted by Gasteiger charge is 2.15. The zero-order valence-corrected chi connectivity index (χ0v) is 9.66. The van der Waals surface area contributed by atoms with E-state index in [1.54, 1.807) is 10.9 Å². The molecule has 0 aromatic carbocycles. The van der Waals surface area contributed by atoms with Gasteiger partial charge in [0, 0.05) is 25.5 Å². The summed E-state index contributed by atoms with van der Waals surface area (Å²) in [5.41, 5.74) is 3.46. The third kappa shape index (κ3) is 4.41. The van der Waals surface area contributed by atoms with Crippen LogP contribution in [0, 0.1) is 0 Å². The average Bonchev–Trinajstić information content (AvgIpc) is 2.47. The van der Waals surface area contributed by atoms with Crippen LogP contribution in [0.3, 0.4) is 0 Å². The fourth-order valence-corrected chi connectivity index (χ4v) is 2.34. The molecular formula is C8H16N4O2S. The van der Waals surface area contributed by atoms with Crippen LogP contribution in [0.5, 0.6) is 0 Å². The predicted octanol–water partition coefficient (Wildman–Crippen LogP) is -1.16. The number of hydrazine groups is 1. The molecule has 1 rings (SSSR count). The van der Waals surface area contributed by atoms with Crippen LogP contribution in [0.1, 0.15) is 5.56 Å². The Bertz CT molecular complexity index is 412. The van der Waals surface area contributed by atoms with E-state index in [0.717, 1.165) is 5.56 Å². The minimum absolute atomic E-state index is 0.0262. The first-order valence-electron chi connectivity index (χ1n) is 4.52. The van der Waals surface area contributed by atoms with Crippen LogP contribution in [-0.4, -0.2) is 36.2 Å². The largest absolute Gasteiger partial charge is 0.276 e. The van der Waals surface area contributed by atoms with Crippen LogP contribution in [-0.2, 0) is 23.3 Å². The second-order valence-electron chi connectivity index (χ2n) is 3.68. The van der Waals surface area contributed by atoms with Gasteiger partial charge in [-0.05, 0) is 12.0 Å². The Morgan fingerprint density at radius 3 is 2.73 bits per heavy atom. The zero-order valence-electron chi connectivity index (χ0n) is 8.84. The molecule has 1 unspecified atom stereocenters. The summed E-state index contributed by atoms with van der Waals surface area (Å²) < 4.78 is 23.8. The van der Waals surface area contributed by atoms with Crippen LogP contribution < -0.4 is 11.3 Å². The molecule has 0 aliphatic carbocycles. The molecule has 7 heteroatoms. The lowest BCUT2D eigenvalue weighted by molar-refractivity contribution is 0.546. The van der Waals surface area contributed by atoms with Crippen molar-refractivity contribution in [3.05, 3.63) is 18.0 Å². The molecule has 1 heterocycles. The number of aromatic nitrogens is 2. The molecule has 1 aromatic rings. The summed E-state index contributed by atoms with van der Waals surface area (Å²) in [5.74, 6) is 5.32. The molecular weight excluding hydrogens is 216 g/mol. The van der Waals surface area contributed by atoms with Gasteiger partial charge in [0.15, 0.2) is 0 Å². The molecule has 15 heavy (non-hydrogen) atoms. The summed E-state index contributed by atoms with van der Waals surface area (Å²) in [5, 5.41) is 4.00. The third-order valence-corrected chi connectivity index (χ3v) is 2.99. The van der Waals surface area contributed by atoms with Crippen molar-refractivity contribution >= 4 is 9.84 Å². The predicted molar refractivity (Wildman–Crippen MR) is 57.7 cm³/mol. The van der Waals surface area contributed by atoms with Crippen molar-refractivity contribution in [1.29, 1.82) is 0 Å². The van der Waals surface area contributed by atoms with Crippen molar-refractivity contribution in [3.63, 3.8) is 0 Å². The van der Waals surface area contributed by atoms with Gasteiger partial charge in [0.25, 0.3) is 0 Å². The van der Waals surface area contributed by atoms with E-state index >= 15 is 0 Å².